The monoisotopic (exact) mass is 517 g/mol. The van der Waals surface area contributed by atoms with Crippen LogP contribution in [-0.2, 0) is 20.7 Å². The molecule has 0 spiro atoms. The molecule has 1 N–H and O–H groups in total. The van der Waals surface area contributed by atoms with E-state index in [9.17, 15) is 14.7 Å². The van der Waals surface area contributed by atoms with Crippen LogP contribution in [0, 0.1) is 6.92 Å². The molecular formula is C28H39NO8. The molecule has 9 heteroatoms. The van der Waals surface area contributed by atoms with Gasteiger partial charge >= 0.3 is 12.1 Å². The van der Waals surface area contributed by atoms with Gasteiger partial charge in [-0.25, -0.2) is 9.59 Å². The molecule has 9 nitrogen and oxygen atoms in total. The lowest BCUT2D eigenvalue weighted by Gasteiger charge is -2.23. The summed E-state index contributed by atoms with van der Waals surface area (Å²) in [6, 6.07) is 12.6. The molecule has 2 aromatic carbocycles. The van der Waals surface area contributed by atoms with E-state index in [2.05, 4.69) is 0 Å². The second kappa shape index (κ2) is 16.4. The summed E-state index contributed by atoms with van der Waals surface area (Å²) in [5.41, 5.74) is 1.78. The van der Waals surface area contributed by atoms with E-state index in [1.807, 2.05) is 32.0 Å². The Labute approximate surface area is 219 Å². The van der Waals surface area contributed by atoms with Gasteiger partial charge in [-0.1, -0.05) is 25.1 Å². The number of carboxylic acid groups (broad SMARTS) is 1. The van der Waals surface area contributed by atoms with E-state index in [0.717, 1.165) is 17.5 Å². The highest BCUT2D eigenvalue weighted by Gasteiger charge is 2.19. The van der Waals surface area contributed by atoms with Crippen molar-refractivity contribution >= 4 is 12.1 Å². The zero-order chi connectivity index (χ0) is 27.0. The van der Waals surface area contributed by atoms with Gasteiger partial charge in [-0.3, -0.25) is 0 Å². The molecule has 0 heterocycles. The molecule has 2 rings (SSSR count). The highest BCUT2D eigenvalue weighted by molar-refractivity contribution is 5.73. The van der Waals surface area contributed by atoms with Crippen molar-refractivity contribution in [1.82, 2.24) is 4.90 Å². The second-order valence-corrected chi connectivity index (χ2v) is 8.45. The van der Waals surface area contributed by atoms with Gasteiger partial charge in [0.15, 0.2) is 17.6 Å². The minimum Gasteiger partial charge on any atom is -0.493 e. The maximum absolute atomic E-state index is 13.0. The number of nitrogens with zero attached hydrogens (tertiary/aromatic N) is 1. The zero-order valence-corrected chi connectivity index (χ0v) is 22.2. The highest BCUT2D eigenvalue weighted by Crippen LogP contribution is 2.28. The third-order valence-electron chi connectivity index (χ3n) is 5.46. The number of hydrogen-bond donors (Lipinski definition) is 1. The summed E-state index contributed by atoms with van der Waals surface area (Å²) >= 11 is 0. The van der Waals surface area contributed by atoms with Gasteiger partial charge in [-0.05, 0) is 62.1 Å². The number of amides is 1. The van der Waals surface area contributed by atoms with Gasteiger partial charge < -0.3 is 33.7 Å². The molecule has 0 saturated heterocycles. The molecule has 204 valence electrons. The molecule has 37 heavy (non-hydrogen) atoms. The van der Waals surface area contributed by atoms with Crippen LogP contribution in [0.15, 0.2) is 42.5 Å². The van der Waals surface area contributed by atoms with E-state index in [-0.39, 0.29) is 13.0 Å². The first-order chi connectivity index (χ1) is 17.9. The van der Waals surface area contributed by atoms with E-state index in [4.69, 9.17) is 23.7 Å². The Bertz CT molecular complexity index is 963. The molecule has 0 saturated carbocycles. The average molecular weight is 518 g/mol. The fraction of sp³-hybridized carbons (Fsp3) is 0.500. The summed E-state index contributed by atoms with van der Waals surface area (Å²) in [5.74, 6) is 0.475. The summed E-state index contributed by atoms with van der Waals surface area (Å²) in [7, 11) is 1.53. The predicted molar refractivity (Wildman–Crippen MR) is 140 cm³/mol. The van der Waals surface area contributed by atoms with Crippen molar-refractivity contribution in [3.8, 4) is 17.2 Å². The molecule has 0 bridgehead atoms. The van der Waals surface area contributed by atoms with Gasteiger partial charge in [0.25, 0.3) is 0 Å². The van der Waals surface area contributed by atoms with Gasteiger partial charge in [0, 0.05) is 32.8 Å². The molecule has 0 aliphatic carbocycles. The van der Waals surface area contributed by atoms with E-state index in [0.29, 0.717) is 56.6 Å². The zero-order valence-electron chi connectivity index (χ0n) is 22.2. The lowest BCUT2D eigenvalue weighted by atomic mass is 10.1. The summed E-state index contributed by atoms with van der Waals surface area (Å²) < 4.78 is 27.7. The minimum absolute atomic E-state index is 0.256. The van der Waals surface area contributed by atoms with Crippen LogP contribution in [-0.4, -0.2) is 74.8 Å². The Morgan fingerprint density at radius 2 is 1.73 bits per heavy atom. The van der Waals surface area contributed by atoms with Crippen molar-refractivity contribution in [2.75, 3.05) is 46.6 Å². The first kappa shape index (κ1) is 29.9. The first-order valence-electron chi connectivity index (χ1n) is 12.6. The SMILES string of the molecule is CCCOCCCN(CCOc1ccc(CC(OCC)C(=O)O)cc1)C(=O)Oc1cc(C)ccc1OC. The molecular weight excluding hydrogens is 478 g/mol. The Morgan fingerprint density at radius 1 is 0.973 bits per heavy atom. The molecule has 0 aliphatic heterocycles. The number of rotatable bonds is 17. The molecule has 1 amide bonds. The summed E-state index contributed by atoms with van der Waals surface area (Å²) in [4.78, 5) is 25.9. The number of carbonyl (C=O) groups is 2. The van der Waals surface area contributed by atoms with Crippen LogP contribution in [0.4, 0.5) is 4.79 Å². The molecule has 2 aromatic rings. The van der Waals surface area contributed by atoms with Crippen molar-refractivity contribution in [2.24, 2.45) is 0 Å². The Morgan fingerprint density at radius 3 is 2.38 bits per heavy atom. The Balaban J connectivity index is 1.96. The number of aliphatic carboxylic acids is 1. The van der Waals surface area contributed by atoms with Crippen molar-refractivity contribution in [3.05, 3.63) is 53.6 Å². The normalized spacial score (nSPS) is 11.6. The van der Waals surface area contributed by atoms with E-state index in [1.54, 1.807) is 36.1 Å². The van der Waals surface area contributed by atoms with Crippen molar-refractivity contribution < 1.29 is 38.4 Å². The molecule has 0 aromatic heterocycles. The average Bonchev–Trinajstić information content (AvgIpc) is 2.88. The fourth-order valence-corrected chi connectivity index (χ4v) is 3.55. The van der Waals surface area contributed by atoms with Gasteiger partial charge in [-0.15, -0.1) is 0 Å². The van der Waals surface area contributed by atoms with Gasteiger partial charge in [-0.2, -0.15) is 0 Å². The molecule has 1 unspecified atom stereocenters. The Kier molecular flexibility index (Phi) is 13.3. The van der Waals surface area contributed by atoms with Gasteiger partial charge in [0.05, 0.1) is 13.7 Å². The van der Waals surface area contributed by atoms with Crippen LogP contribution in [0.5, 0.6) is 17.2 Å². The van der Waals surface area contributed by atoms with Gasteiger partial charge in [0.2, 0.25) is 0 Å². The first-order valence-corrected chi connectivity index (χ1v) is 12.6. The smallest absolute Gasteiger partial charge is 0.415 e. The summed E-state index contributed by atoms with van der Waals surface area (Å²) in [6.45, 7) is 8.31. The van der Waals surface area contributed by atoms with E-state index < -0.39 is 18.2 Å². The maximum atomic E-state index is 13.0. The third kappa shape index (κ3) is 10.7. The standard InChI is InChI=1S/C28H39NO8/c1-5-16-34-17-7-14-29(28(32)37-25-19-21(3)8-13-24(25)33-4)15-18-36-23-11-9-22(10-12-23)20-26(27(30)31)35-6-2/h8-13,19,26H,5-7,14-18,20H2,1-4H3,(H,30,31). The number of carbonyl (C=O) groups excluding carboxylic acids is 1. The van der Waals surface area contributed by atoms with Crippen LogP contribution in [0.25, 0.3) is 0 Å². The van der Waals surface area contributed by atoms with Gasteiger partial charge in [0.1, 0.15) is 12.4 Å². The number of hydrogen-bond acceptors (Lipinski definition) is 7. The largest absolute Gasteiger partial charge is 0.493 e. The lowest BCUT2D eigenvalue weighted by Crippen LogP contribution is -2.38. The molecule has 1 atom stereocenters. The van der Waals surface area contributed by atoms with E-state index >= 15 is 0 Å². The lowest BCUT2D eigenvalue weighted by molar-refractivity contribution is -0.149. The summed E-state index contributed by atoms with van der Waals surface area (Å²) in [6.07, 6.45) is 0.498. The number of ether oxygens (including phenoxy) is 5. The van der Waals surface area contributed by atoms with Crippen molar-refractivity contribution in [1.29, 1.82) is 0 Å². The molecule has 0 radical (unpaired) electrons. The maximum Gasteiger partial charge on any atom is 0.415 e. The quantitative estimate of drug-likeness (QED) is 0.300. The predicted octanol–water partition coefficient (Wildman–Crippen LogP) is 4.73. The van der Waals surface area contributed by atoms with Crippen LogP contribution >= 0.6 is 0 Å². The van der Waals surface area contributed by atoms with Crippen molar-refractivity contribution in [2.45, 2.75) is 46.1 Å². The number of aryl methyl sites for hydroxylation is 1. The number of benzene rings is 2. The van der Waals surface area contributed by atoms with Crippen LogP contribution < -0.4 is 14.2 Å². The fourth-order valence-electron chi connectivity index (χ4n) is 3.55. The highest BCUT2D eigenvalue weighted by atomic mass is 16.6. The third-order valence-corrected chi connectivity index (χ3v) is 5.46. The topological polar surface area (TPSA) is 104 Å². The molecule has 0 fully saturated rings. The second-order valence-electron chi connectivity index (χ2n) is 8.45. The van der Waals surface area contributed by atoms with Crippen LogP contribution in [0.3, 0.4) is 0 Å². The van der Waals surface area contributed by atoms with Crippen LogP contribution in [0.1, 0.15) is 37.8 Å². The minimum atomic E-state index is -0.988. The van der Waals surface area contributed by atoms with Crippen molar-refractivity contribution in [3.63, 3.8) is 0 Å². The van der Waals surface area contributed by atoms with Crippen LogP contribution in [0.2, 0.25) is 0 Å². The molecule has 0 aliphatic rings. The number of carboxylic acids is 1. The van der Waals surface area contributed by atoms with E-state index in [1.165, 1.54) is 7.11 Å². The summed E-state index contributed by atoms with van der Waals surface area (Å²) in [5, 5.41) is 9.27. The number of methoxy groups -OCH3 is 1. The Hall–Kier alpha value is -3.30.